The lowest BCUT2D eigenvalue weighted by Gasteiger charge is -2.25. The Morgan fingerprint density at radius 1 is 1.33 bits per heavy atom. The van der Waals surface area contributed by atoms with Crippen LogP contribution in [0.25, 0.3) is 0 Å². The van der Waals surface area contributed by atoms with Crippen molar-refractivity contribution in [2.75, 3.05) is 6.54 Å². The molecule has 1 aromatic rings. The molecule has 0 aliphatic rings. The van der Waals surface area contributed by atoms with Gasteiger partial charge in [0.15, 0.2) is 0 Å². The van der Waals surface area contributed by atoms with Crippen molar-refractivity contribution in [3.8, 4) is 0 Å². The third-order valence-corrected chi connectivity index (χ3v) is 3.01. The molecule has 1 aromatic heterocycles. The quantitative estimate of drug-likeness (QED) is 0.780. The summed E-state index contributed by atoms with van der Waals surface area (Å²) in [6.45, 7) is 7.59. The molecular weight excluding hydrogens is 188 g/mol. The van der Waals surface area contributed by atoms with E-state index < -0.39 is 0 Å². The van der Waals surface area contributed by atoms with Crippen molar-refractivity contribution in [3.05, 3.63) is 11.9 Å². The van der Waals surface area contributed by atoms with Crippen molar-refractivity contribution in [1.82, 2.24) is 20.3 Å². The number of hydrogen-bond acceptors (Lipinski definition) is 3. The lowest BCUT2D eigenvalue weighted by Crippen LogP contribution is -2.29. The summed E-state index contributed by atoms with van der Waals surface area (Å²) >= 11 is 0. The number of hydrogen-bond donors (Lipinski definition) is 1. The van der Waals surface area contributed by atoms with E-state index in [1.165, 1.54) is 18.5 Å². The van der Waals surface area contributed by atoms with Crippen molar-refractivity contribution in [2.24, 2.45) is 13.0 Å². The van der Waals surface area contributed by atoms with Crippen molar-refractivity contribution >= 4 is 0 Å². The van der Waals surface area contributed by atoms with E-state index in [2.05, 4.69) is 36.4 Å². The molecule has 1 atom stereocenters. The summed E-state index contributed by atoms with van der Waals surface area (Å²) in [6, 6.07) is 0.380. The van der Waals surface area contributed by atoms with Gasteiger partial charge in [0.2, 0.25) is 0 Å². The van der Waals surface area contributed by atoms with Gasteiger partial charge >= 0.3 is 0 Å². The van der Waals surface area contributed by atoms with Crippen molar-refractivity contribution in [1.29, 1.82) is 0 Å². The number of nitrogens with zero attached hydrogens (tertiary/aromatic N) is 3. The van der Waals surface area contributed by atoms with Gasteiger partial charge < -0.3 is 5.32 Å². The van der Waals surface area contributed by atoms with E-state index in [0.29, 0.717) is 12.0 Å². The Kier molecular flexibility index (Phi) is 4.75. The first-order valence-corrected chi connectivity index (χ1v) is 5.82. The summed E-state index contributed by atoms with van der Waals surface area (Å²) in [7, 11) is 1.95. The largest absolute Gasteiger partial charge is 0.309 e. The molecule has 0 saturated carbocycles. The van der Waals surface area contributed by atoms with Crippen LogP contribution >= 0.6 is 0 Å². The van der Waals surface area contributed by atoms with Crippen LogP contribution in [-0.2, 0) is 7.05 Å². The van der Waals surface area contributed by atoms with Gasteiger partial charge in [-0.2, -0.15) is 0 Å². The van der Waals surface area contributed by atoms with Crippen LogP contribution in [0.2, 0.25) is 0 Å². The van der Waals surface area contributed by atoms with Gasteiger partial charge in [-0.3, -0.25) is 4.68 Å². The highest BCUT2D eigenvalue weighted by Crippen LogP contribution is 2.26. The Balaban J connectivity index is 2.86. The molecule has 1 unspecified atom stereocenters. The third-order valence-electron chi connectivity index (χ3n) is 3.01. The van der Waals surface area contributed by atoms with Gasteiger partial charge in [-0.25, -0.2) is 0 Å². The minimum atomic E-state index is 0.380. The second-order valence-corrected chi connectivity index (χ2v) is 3.89. The molecule has 1 N–H and O–H groups in total. The van der Waals surface area contributed by atoms with E-state index >= 15 is 0 Å². The van der Waals surface area contributed by atoms with E-state index in [1.54, 1.807) is 0 Å². The van der Waals surface area contributed by atoms with E-state index in [-0.39, 0.29) is 0 Å². The van der Waals surface area contributed by atoms with Crippen LogP contribution in [0.15, 0.2) is 6.20 Å². The maximum atomic E-state index is 4.00. The van der Waals surface area contributed by atoms with Crippen LogP contribution in [0.5, 0.6) is 0 Å². The Morgan fingerprint density at radius 3 is 2.40 bits per heavy atom. The van der Waals surface area contributed by atoms with Gasteiger partial charge in [0, 0.05) is 7.05 Å². The minimum Gasteiger partial charge on any atom is -0.309 e. The zero-order chi connectivity index (χ0) is 11.3. The standard InChI is InChI=1S/C11H22N4/c1-5-9(6-2)11(12-7-3)10-8-13-14-15(10)4/h8-9,11-12H,5-7H2,1-4H3. The fourth-order valence-corrected chi connectivity index (χ4v) is 2.07. The predicted octanol–water partition coefficient (Wildman–Crippen LogP) is 1.90. The van der Waals surface area contributed by atoms with Crippen LogP contribution in [0, 0.1) is 5.92 Å². The summed E-state index contributed by atoms with van der Waals surface area (Å²) in [5.41, 5.74) is 1.19. The Hall–Kier alpha value is -0.900. The summed E-state index contributed by atoms with van der Waals surface area (Å²) in [5, 5.41) is 11.5. The molecule has 0 radical (unpaired) electrons. The van der Waals surface area contributed by atoms with Crippen LogP contribution in [0.4, 0.5) is 0 Å². The summed E-state index contributed by atoms with van der Waals surface area (Å²) < 4.78 is 1.87. The smallest absolute Gasteiger partial charge is 0.0756 e. The molecular formula is C11H22N4. The molecule has 0 aliphatic carbocycles. The van der Waals surface area contributed by atoms with E-state index in [0.717, 1.165) is 6.54 Å². The maximum Gasteiger partial charge on any atom is 0.0756 e. The Labute approximate surface area is 92.1 Å². The molecule has 0 spiro atoms. The van der Waals surface area contributed by atoms with Gasteiger partial charge in [0.25, 0.3) is 0 Å². The van der Waals surface area contributed by atoms with Crippen molar-refractivity contribution in [3.63, 3.8) is 0 Å². The fourth-order valence-electron chi connectivity index (χ4n) is 2.07. The first kappa shape index (κ1) is 12.2. The molecule has 0 fully saturated rings. The predicted molar refractivity (Wildman–Crippen MR) is 61.5 cm³/mol. The normalized spacial score (nSPS) is 13.4. The monoisotopic (exact) mass is 210 g/mol. The number of aryl methyl sites for hydroxylation is 1. The second-order valence-electron chi connectivity index (χ2n) is 3.89. The topological polar surface area (TPSA) is 42.7 Å². The van der Waals surface area contributed by atoms with Gasteiger partial charge in [-0.1, -0.05) is 38.8 Å². The highest BCUT2D eigenvalue weighted by atomic mass is 15.4. The number of nitrogens with one attached hydrogen (secondary N) is 1. The molecule has 1 rings (SSSR count). The number of aromatic nitrogens is 3. The Bertz CT molecular complexity index is 278. The summed E-state index contributed by atoms with van der Waals surface area (Å²) in [4.78, 5) is 0. The van der Waals surface area contributed by atoms with Gasteiger partial charge in [-0.15, -0.1) is 5.10 Å². The molecule has 0 saturated heterocycles. The average molecular weight is 210 g/mol. The van der Waals surface area contributed by atoms with Crippen LogP contribution < -0.4 is 5.32 Å². The lowest BCUT2D eigenvalue weighted by molar-refractivity contribution is 0.331. The molecule has 15 heavy (non-hydrogen) atoms. The molecule has 4 heteroatoms. The zero-order valence-electron chi connectivity index (χ0n) is 10.2. The van der Waals surface area contributed by atoms with Gasteiger partial charge in [0.1, 0.15) is 0 Å². The minimum absolute atomic E-state index is 0.380. The summed E-state index contributed by atoms with van der Waals surface area (Å²) in [6.07, 6.45) is 4.23. The molecule has 4 nitrogen and oxygen atoms in total. The fraction of sp³-hybridized carbons (Fsp3) is 0.818. The summed E-state index contributed by atoms with van der Waals surface area (Å²) in [5.74, 6) is 0.655. The van der Waals surface area contributed by atoms with Gasteiger partial charge in [0.05, 0.1) is 17.9 Å². The molecule has 0 aromatic carbocycles. The van der Waals surface area contributed by atoms with Gasteiger partial charge in [-0.05, 0) is 12.5 Å². The third kappa shape index (κ3) is 2.78. The average Bonchev–Trinajstić information content (AvgIpc) is 2.65. The first-order valence-electron chi connectivity index (χ1n) is 5.82. The zero-order valence-corrected chi connectivity index (χ0v) is 10.2. The van der Waals surface area contributed by atoms with Crippen LogP contribution in [0.1, 0.15) is 45.3 Å². The maximum absolute atomic E-state index is 4.00. The molecule has 0 amide bonds. The van der Waals surface area contributed by atoms with Crippen molar-refractivity contribution < 1.29 is 0 Å². The van der Waals surface area contributed by atoms with Crippen molar-refractivity contribution in [2.45, 2.75) is 39.7 Å². The number of rotatable bonds is 6. The lowest BCUT2D eigenvalue weighted by atomic mass is 9.92. The van der Waals surface area contributed by atoms with Crippen LogP contribution in [-0.4, -0.2) is 21.5 Å². The SMILES string of the molecule is CCNC(c1cnnn1C)C(CC)CC. The Morgan fingerprint density at radius 2 is 2.00 bits per heavy atom. The van der Waals surface area contributed by atoms with E-state index in [4.69, 9.17) is 0 Å². The molecule has 86 valence electrons. The second kappa shape index (κ2) is 5.85. The first-order chi connectivity index (χ1) is 7.24. The molecule has 1 heterocycles. The van der Waals surface area contributed by atoms with E-state index in [9.17, 15) is 0 Å². The molecule has 0 aliphatic heterocycles. The van der Waals surface area contributed by atoms with E-state index in [1.807, 2.05) is 17.9 Å². The molecule has 0 bridgehead atoms. The van der Waals surface area contributed by atoms with Crippen LogP contribution in [0.3, 0.4) is 0 Å². The highest BCUT2D eigenvalue weighted by Gasteiger charge is 2.22. The highest BCUT2D eigenvalue weighted by molar-refractivity contribution is 5.03.